The highest BCUT2D eigenvalue weighted by Crippen LogP contribution is 2.06. The molecule has 13 heavy (non-hydrogen) atoms. The average molecular weight is 195 g/mol. The second-order valence-corrected chi connectivity index (χ2v) is 3.00. The Kier molecular flexibility index (Phi) is 2.23. The number of aromatic nitrogens is 4. The summed E-state index contributed by atoms with van der Waals surface area (Å²) in [5.41, 5.74) is 0.912. The third kappa shape index (κ3) is 2.03. The molecule has 0 aliphatic carbocycles. The van der Waals surface area contributed by atoms with Crippen LogP contribution in [-0.4, -0.2) is 20.0 Å². The Balaban J connectivity index is 2.15. The van der Waals surface area contributed by atoms with E-state index in [9.17, 15) is 0 Å². The second kappa shape index (κ2) is 3.53. The lowest BCUT2D eigenvalue weighted by Crippen LogP contribution is -2.01. The number of halogens is 1. The Morgan fingerprint density at radius 2 is 2.31 bits per heavy atom. The van der Waals surface area contributed by atoms with Gasteiger partial charge in [0.05, 0.1) is 23.5 Å². The minimum absolute atomic E-state index is 0.622. The van der Waals surface area contributed by atoms with E-state index >= 15 is 0 Å². The summed E-state index contributed by atoms with van der Waals surface area (Å²) in [6.45, 7) is 0.622. The van der Waals surface area contributed by atoms with Gasteiger partial charge in [-0.15, -0.1) is 5.10 Å². The van der Waals surface area contributed by atoms with Crippen LogP contribution in [0.5, 0.6) is 0 Å². The van der Waals surface area contributed by atoms with Gasteiger partial charge in [0.1, 0.15) is 0 Å². The van der Waals surface area contributed by atoms with Crippen LogP contribution >= 0.6 is 11.6 Å². The first-order valence-corrected chi connectivity index (χ1v) is 4.17. The predicted octanol–water partition coefficient (Wildman–Crippen LogP) is 1.37. The summed E-state index contributed by atoms with van der Waals surface area (Å²) in [7, 11) is 0. The molecule has 0 aliphatic heterocycles. The maximum Gasteiger partial charge on any atom is 0.0849 e. The van der Waals surface area contributed by atoms with Crippen LogP contribution in [0, 0.1) is 0 Å². The van der Waals surface area contributed by atoms with Crippen LogP contribution in [0.1, 0.15) is 5.69 Å². The van der Waals surface area contributed by atoms with Gasteiger partial charge < -0.3 is 0 Å². The molecule has 2 aromatic heterocycles. The minimum atomic E-state index is 0.622. The Hall–Kier alpha value is -1.42. The molecule has 0 atom stereocenters. The van der Waals surface area contributed by atoms with E-state index in [0.29, 0.717) is 11.6 Å². The molecular weight excluding hydrogens is 188 g/mol. The lowest BCUT2D eigenvalue weighted by Gasteiger charge is -1.98. The van der Waals surface area contributed by atoms with E-state index in [2.05, 4.69) is 15.3 Å². The largest absolute Gasteiger partial charge is 0.258 e. The van der Waals surface area contributed by atoms with E-state index in [1.807, 2.05) is 6.07 Å². The molecule has 0 spiro atoms. The van der Waals surface area contributed by atoms with Gasteiger partial charge in [-0.1, -0.05) is 16.8 Å². The number of pyridine rings is 1. The monoisotopic (exact) mass is 194 g/mol. The molecule has 5 heteroatoms. The van der Waals surface area contributed by atoms with Crippen molar-refractivity contribution in [3.05, 3.63) is 41.4 Å². The quantitative estimate of drug-likeness (QED) is 0.726. The van der Waals surface area contributed by atoms with Gasteiger partial charge in [-0.25, -0.2) is 4.68 Å². The van der Waals surface area contributed by atoms with Crippen LogP contribution in [0.15, 0.2) is 30.7 Å². The van der Waals surface area contributed by atoms with Gasteiger partial charge in [-0.3, -0.25) is 4.98 Å². The molecule has 0 radical (unpaired) electrons. The summed E-state index contributed by atoms with van der Waals surface area (Å²) in [4.78, 5) is 4.13. The molecule has 0 amide bonds. The highest BCUT2D eigenvalue weighted by molar-refractivity contribution is 6.30. The van der Waals surface area contributed by atoms with Crippen molar-refractivity contribution >= 4 is 11.6 Å². The molecule has 0 saturated heterocycles. The Morgan fingerprint density at radius 1 is 1.38 bits per heavy atom. The van der Waals surface area contributed by atoms with Crippen molar-refractivity contribution < 1.29 is 0 Å². The smallest absolute Gasteiger partial charge is 0.0849 e. The fraction of sp³-hybridized carbons (Fsp3) is 0.125. The van der Waals surface area contributed by atoms with Crippen molar-refractivity contribution in [2.24, 2.45) is 0 Å². The van der Waals surface area contributed by atoms with Gasteiger partial charge in [-0.2, -0.15) is 0 Å². The maximum absolute atomic E-state index is 5.70. The molecule has 66 valence electrons. The molecule has 0 aromatic carbocycles. The molecular formula is C8H7ClN4. The van der Waals surface area contributed by atoms with E-state index in [1.165, 1.54) is 0 Å². The normalized spacial score (nSPS) is 10.2. The first-order valence-electron chi connectivity index (χ1n) is 3.79. The Bertz CT molecular complexity index is 368. The molecule has 0 saturated carbocycles. The minimum Gasteiger partial charge on any atom is -0.258 e. The SMILES string of the molecule is Clc1ccc(Cn2ccnn2)nc1. The van der Waals surface area contributed by atoms with Crippen LogP contribution in [0.25, 0.3) is 0 Å². The van der Waals surface area contributed by atoms with Crippen molar-refractivity contribution in [1.82, 2.24) is 20.0 Å². The molecule has 0 unspecified atom stereocenters. The van der Waals surface area contributed by atoms with Gasteiger partial charge in [0.25, 0.3) is 0 Å². The van der Waals surface area contributed by atoms with Crippen molar-refractivity contribution in [1.29, 1.82) is 0 Å². The third-order valence-electron chi connectivity index (χ3n) is 1.58. The maximum atomic E-state index is 5.70. The number of nitrogens with zero attached hydrogens (tertiary/aromatic N) is 4. The zero-order chi connectivity index (χ0) is 9.10. The van der Waals surface area contributed by atoms with Crippen LogP contribution < -0.4 is 0 Å². The molecule has 2 heterocycles. The third-order valence-corrected chi connectivity index (χ3v) is 1.81. The summed E-state index contributed by atoms with van der Waals surface area (Å²) in [6.07, 6.45) is 5.04. The molecule has 0 bridgehead atoms. The van der Waals surface area contributed by atoms with Crippen molar-refractivity contribution in [2.45, 2.75) is 6.54 Å². The topological polar surface area (TPSA) is 43.6 Å². The second-order valence-electron chi connectivity index (χ2n) is 2.57. The number of hydrogen-bond donors (Lipinski definition) is 0. The fourth-order valence-electron chi connectivity index (χ4n) is 0.983. The predicted molar refractivity (Wildman–Crippen MR) is 48.4 cm³/mol. The molecule has 0 N–H and O–H groups in total. The standard InChI is InChI=1S/C8H7ClN4/c9-7-1-2-8(10-5-7)6-13-4-3-11-12-13/h1-5H,6H2. The van der Waals surface area contributed by atoms with Crippen molar-refractivity contribution in [3.63, 3.8) is 0 Å². The highest BCUT2D eigenvalue weighted by Gasteiger charge is 1.96. The Labute approximate surface area is 80.2 Å². The van der Waals surface area contributed by atoms with E-state index in [0.717, 1.165) is 5.69 Å². The summed E-state index contributed by atoms with van der Waals surface area (Å²) in [5.74, 6) is 0. The Morgan fingerprint density at radius 3 is 2.92 bits per heavy atom. The summed E-state index contributed by atoms with van der Waals surface area (Å²) in [6, 6.07) is 3.67. The lowest BCUT2D eigenvalue weighted by atomic mass is 10.3. The molecule has 0 fully saturated rings. The van der Waals surface area contributed by atoms with Gasteiger partial charge in [0, 0.05) is 12.4 Å². The van der Waals surface area contributed by atoms with Crippen LogP contribution in [0.3, 0.4) is 0 Å². The van der Waals surface area contributed by atoms with Crippen LogP contribution in [0.2, 0.25) is 5.02 Å². The summed E-state index contributed by atoms with van der Waals surface area (Å²) in [5, 5.41) is 8.16. The molecule has 2 rings (SSSR count). The molecule has 4 nitrogen and oxygen atoms in total. The van der Waals surface area contributed by atoms with Crippen LogP contribution in [-0.2, 0) is 6.54 Å². The molecule has 0 aliphatic rings. The van der Waals surface area contributed by atoms with Crippen molar-refractivity contribution in [2.75, 3.05) is 0 Å². The zero-order valence-corrected chi connectivity index (χ0v) is 7.52. The summed E-state index contributed by atoms with van der Waals surface area (Å²) >= 11 is 5.70. The van der Waals surface area contributed by atoms with Crippen LogP contribution in [0.4, 0.5) is 0 Å². The fourth-order valence-corrected chi connectivity index (χ4v) is 1.09. The number of rotatable bonds is 2. The van der Waals surface area contributed by atoms with Gasteiger partial charge in [0.2, 0.25) is 0 Å². The van der Waals surface area contributed by atoms with E-state index in [1.54, 1.807) is 29.3 Å². The first kappa shape index (κ1) is 8.19. The summed E-state index contributed by atoms with van der Waals surface area (Å²) < 4.78 is 1.70. The van der Waals surface area contributed by atoms with Gasteiger partial charge in [0.15, 0.2) is 0 Å². The number of hydrogen-bond acceptors (Lipinski definition) is 3. The van der Waals surface area contributed by atoms with E-state index < -0.39 is 0 Å². The van der Waals surface area contributed by atoms with E-state index in [4.69, 9.17) is 11.6 Å². The van der Waals surface area contributed by atoms with Gasteiger partial charge >= 0.3 is 0 Å². The van der Waals surface area contributed by atoms with Crippen molar-refractivity contribution in [3.8, 4) is 0 Å². The van der Waals surface area contributed by atoms with Gasteiger partial charge in [-0.05, 0) is 12.1 Å². The van der Waals surface area contributed by atoms with E-state index in [-0.39, 0.29) is 0 Å². The molecule has 2 aromatic rings. The first-order chi connectivity index (χ1) is 6.34. The lowest BCUT2D eigenvalue weighted by molar-refractivity contribution is 0.638. The average Bonchev–Trinajstić information content (AvgIpc) is 2.62. The zero-order valence-electron chi connectivity index (χ0n) is 6.76. The highest BCUT2D eigenvalue weighted by atomic mass is 35.5.